The van der Waals surface area contributed by atoms with Gasteiger partial charge in [-0.1, -0.05) is 13.8 Å². The number of carbonyl (C=O) groups excluding carboxylic acids is 1. The first-order chi connectivity index (χ1) is 14.5. The first-order valence-electron chi connectivity index (χ1n) is 10.5. The summed E-state index contributed by atoms with van der Waals surface area (Å²) in [5.74, 6) is 0.374. The number of nitrogens with one attached hydrogen (secondary N) is 1. The molecule has 0 aliphatic carbocycles. The maximum absolute atomic E-state index is 12.6. The largest absolute Gasteiger partial charge is 0.372 e. The molecule has 2 aromatic rings. The average molecular weight is 431 g/mol. The highest BCUT2D eigenvalue weighted by atomic mass is 32.2. The predicted octanol–water partition coefficient (Wildman–Crippen LogP) is 2.76. The molecular weight excluding hydrogens is 400 g/mol. The molecule has 0 unspecified atom stereocenters. The van der Waals surface area contributed by atoms with Gasteiger partial charge in [-0.2, -0.15) is 4.31 Å². The van der Waals surface area contributed by atoms with Crippen LogP contribution in [0.1, 0.15) is 37.0 Å². The van der Waals surface area contributed by atoms with Crippen LogP contribution in [0.15, 0.2) is 53.7 Å². The number of sulfonamides is 1. The van der Waals surface area contributed by atoms with Crippen LogP contribution in [0.2, 0.25) is 0 Å². The van der Waals surface area contributed by atoms with Crippen molar-refractivity contribution in [2.24, 2.45) is 5.92 Å². The normalized spacial score (nSPS) is 15.4. The Bertz CT molecular complexity index is 921. The number of hydrogen-bond donors (Lipinski definition) is 1. The van der Waals surface area contributed by atoms with Gasteiger partial charge in [-0.05, 0) is 55.2 Å². The van der Waals surface area contributed by atoms with E-state index in [9.17, 15) is 13.2 Å². The summed E-state index contributed by atoms with van der Waals surface area (Å²) in [4.78, 5) is 18.7. The number of pyridine rings is 1. The summed E-state index contributed by atoms with van der Waals surface area (Å²) in [7, 11) is -3.43. The Balaban J connectivity index is 1.52. The molecule has 2 heterocycles. The van der Waals surface area contributed by atoms with Crippen molar-refractivity contribution >= 4 is 21.6 Å². The molecule has 1 saturated heterocycles. The molecule has 1 aliphatic rings. The minimum Gasteiger partial charge on any atom is -0.372 e. The fraction of sp³-hybridized carbons (Fsp3) is 0.455. The average Bonchev–Trinajstić information content (AvgIpc) is 2.79. The van der Waals surface area contributed by atoms with Crippen molar-refractivity contribution in [2.75, 3.05) is 37.6 Å². The minimum atomic E-state index is -3.43. The quantitative estimate of drug-likeness (QED) is 0.696. The van der Waals surface area contributed by atoms with Gasteiger partial charge in [0.15, 0.2) is 0 Å². The van der Waals surface area contributed by atoms with Crippen LogP contribution in [-0.2, 0) is 10.0 Å². The van der Waals surface area contributed by atoms with Gasteiger partial charge in [0.2, 0.25) is 10.0 Å². The number of aromatic nitrogens is 1. The third-order valence-corrected chi connectivity index (χ3v) is 7.72. The van der Waals surface area contributed by atoms with E-state index in [1.807, 2.05) is 26.0 Å². The topological polar surface area (TPSA) is 82.6 Å². The Morgan fingerprint density at radius 2 is 1.67 bits per heavy atom. The predicted molar refractivity (Wildman–Crippen MR) is 118 cm³/mol. The van der Waals surface area contributed by atoms with E-state index in [-0.39, 0.29) is 5.91 Å². The van der Waals surface area contributed by atoms with Crippen molar-refractivity contribution in [3.05, 3.63) is 54.4 Å². The third kappa shape index (κ3) is 5.17. The molecule has 3 rings (SSSR count). The van der Waals surface area contributed by atoms with Crippen molar-refractivity contribution in [3.8, 4) is 0 Å². The Hall–Kier alpha value is -2.45. The Labute approximate surface area is 179 Å². The second kappa shape index (κ2) is 10.0. The Kier molecular flexibility index (Phi) is 7.44. The third-order valence-electron chi connectivity index (χ3n) is 5.65. The first kappa shape index (κ1) is 22.2. The number of nitrogens with zero attached hydrogens (tertiary/aromatic N) is 3. The van der Waals surface area contributed by atoms with Gasteiger partial charge in [-0.25, -0.2) is 8.42 Å². The standard InChI is InChI=1S/C22H30N4O3S/c1-3-26(4-2)30(28,29)21-7-5-20(6-8-21)25-15-11-18(12-16-25)17-24-22(27)19-9-13-23-14-10-19/h5-10,13-14,18H,3-4,11-12,15-17H2,1-2H3,(H,24,27). The summed E-state index contributed by atoms with van der Waals surface area (Å²) in [6.07, 6.45) is 5.20. The number of piperidine rings is 1. The zero-order valence-corrected chi connectivity index (χ0v) is 18.4. The molecule has 1 N–H and O–H groups in total. The van der Waals surface area contributed by atoms with Crippen molar-refractivity contribution in [3.63, 3.8) is 0 Å². The summed E-state index contributed by atoms with van der Waals surface area (Å²) in [5, 5.41) is 3.01. The molecule has 0 bridgehead atoms. The lowest BCUT2D eigenvalue weighted by Crippen LogP contribution is -2.38. The Morgan fingerprint density at radius 3 is 2.23 bits per heavy atom. The van der Waals surface area contributed by atoms with Crippen molar-refractivity contribution < 1.29 is 13.2 Å². The zero-order chi connectivity index (χ0) is 21.6. The maximum atomic E-state index is 12.6. The van der Waals surface area contributed by atoms with E-state index >= 15 is 0 Å². The summed E-state index contributed by atoms with van der Waals surface area (Å²) in [6, 6.07) is 10.6. The number of anilines is 1. The lowest BCUT2D eigenvalue weighted by Gasteiger charge is -2.33. The van der Waals surface area contributed by atoms with Crippen molar-refractivity contribution in [1.82, 2.24) is 14.6 Å². The second-order valence-electron chi connectivity index (χ2n) is 7.46. The molecule has 1 aliphatic heterocycles. The molecule has 8 heteroatoms. The SMILES string of the molecule is CCN(CC)S(=O)(=O)c1ccc(N2CCC(CNC(=O)c3ccncc3)CC2)cc1. The van der Waals surface area contributed by atoms with Crippen LogP contribution in [0.25, 0.3) is 0 Å². The molecule has 1 amide bonds. The smallest absolute Gasteiger partial charge is 0.251 e. The van der Waals surface area contributed by atoms with Gasteiger partial charge in [-0.15, -0.1) is 0 Å². The number of amides is 1. The summed E-state index contributed by atoms with van der Waals surface area (Å²) < 4.78 is 26.7. The van der Waals surface area contributed by atoms with Crippen LogP contribution in [0.5, 0.6) is 0 Å². The molecule has 0 spiro atoms. The fourth-order valence-corrected chi connectivity index (χ4v) is 5.24. The minimum absolute atomic E-state index is 0.0650. The highest BCUT2D eigenvalue weighted by Crippen LogP contribution is 2.25. The number of carbonyl (C=O) groups is 1. The molecule has 7 nitrogen and oxygen atoms in total. The van der Waals surface area contributed by atoms with E-state index in [0.29, 0.717) is 36.0 Å². The van der Waals surface area contributed by atoms with E-state index in [1.165, 1.54) is 4.31 Å². The summed E-state index contributed by atoms with van der Waals surface area (Å²) in [6.45, 7) is 7.06. The molecule has 0 saturated carbocycles. The van der Waals surface area contributed by atoms with E-state index in [1.54, 1.807) is 36.7 Å². The van der Waals surface area contributed by atoms with E-state index in [0.717, 1.165) is 31.6 Å². The fourth-order valence-electron chi connectivity index (χ4n) is 3.78. The van der Waals surface area contributed by atoms with Gasteiger partial charge in [0.05, 0.1) is 4.90 Å². The van der Waals surface area contributed by atoms with Gasteiger partial charge in [0.25, 0.3) is 5.91 Å². The van der Waals surface area contributed by atoms with Crippen LogP contribution in [0.4, 0.5) is 5.69 Å². The van der Waals surface area contributed by atoms with Gasteiger partial charge in [0, 0.05) is 56.4 Å². The van der Waals surface area contributed by atoms with Gasteiger partial charge in [-0.3, -0.25) is 9.78 Å². The van der Waals surface area contributed by atoms with Crippen LogP contribution in [0.3, 0.4) is 0 Å². The van der Waals surface area contributed by atoms with Crippen LogP contribution < -0.4 is 10.2 Å². The highest BCUT2D eigenvalue weighted by molar-refractivity contribution is 7.89. The van der Waals surface area contributed by atoms with E-state index < -0.39 is 10.0 Å². The monoisotopic (exact) mass is 430 g/mol. The molecular formula is C22H30N4O3S. The molecule has 1 aromatic heterocycles. The molecule has 1 aromatic carbocycles. The zero-order valence-electron chi connectivity index (χ0n) is 17.6. The van der Waals surface area contributed by atoms with Gasteiger partial charge < -0.3 is 10.2 Å². The first-order valence-corrected chi connectivity index (χ1v) is 11.9. The summed E-state index contributed by atoms with van der Waals surface area (Å²) >= 11 is 0. The molecule has 0 atom stereocenters. The number of benzene rings is 1. The van der Waals surface area contributed by atoms with Crippen molar-refractivity contribution in [1.29, 1.82) is 0 Å². The van der Waals surface area contributed by atoms with E-state index in [4.69, 9.17) is 0 Å². The molecule has 162 valence electrons. The van der Waals surface area contributed by atoms with Crippen LogP contribution >= 0.6 is 0 Å². The summed E-state index contributed by atoms with van der Waals surface area (Å²) in [5.41, 5.74) is 1.66. The van der Waals surface area contributed by atoms with Gasteiger partial charge >= 0.3 is 0 Å². The molecule has 1 fully saturated rings. The lowest BCUT2D eigenvalue weighted by molar-refractivity contribution is 0.0944. The second-order valence-corrected chi connectivity index (χ2v) is 9.40. The maximum Gasteiger partial charge on any atom is 0.251 e. The number of hydrogen-bond acceptors (Lipinski definition) is 5. The number of rotatable bonds is 8. The molecule has 30 heavy (non-hydrogen) atoms. The van der Waals surface area contributed by atoms with Gasteiger partial charge in [0.1, 0.15) is 0 Å². The molecule has 0 radical (unpaired) electrons. The highest BCUT2D eigenvalue weighted by Gasteiger charge is 2.23. The van der Waals surface area contributed by atoms with Crippen molar-refractivity contribution in [2.45, 2.75) is 31.6 Å². The lowest BCUT2D eigenvalue weighted by atomic mass is 9.96. The van der Waals surface area contributed by atoms with E-state index in [2.05, 4.69) is 15.2 Å². The van der Waals surface area contributed by atoms with Crippen LogP contribution in [-0.4, -0.2) is 56.3 Å². The Morgan fingerprint density at radius 1 is 1.07 bits per heavy atom. The van der Waals surface area contributed by atoms with Crippen LogP contribution in [0, 0.1) is 5.92 Å².